The van der Waals surface area contributed by atoms with Crippen LogP contribution in [0.15, 0.2) is 48.5 Å². The lowest BCUT2D eigenvalue weighted by Gasteiger charge is -2.23. The van der Waals surface area contributed by atoms with Crippen LogP contribution in [0, 0.1) is 0 Å². The van der Waals surface area contributed by atoms with Crippen molar-refractivity contribution >= 4 is 15.7 Å². The van der Waals surface area contributed by atoms with E-state index in [0.29, 0.717) is 22.9 Å². The molecule has 7 nitrogen and oxygen atoms in total. The zero-order valence-electron chi connectivity index (χ0n) is 15.6. The second-order valence-electron chi connectivity index (χ2n) is 6.04. The molecule has 27 heavy (non-hydrogen) atoms. The van der Waals surface area contributed by atoms with Crippen molar-refractivity contribution in [2.24, 2.45) is 0 Å². The number of rotatable bonds is 6. The molecule has 0 bridgehead atoms. The Morgan fingerprint density at radius 1 is 0.926 bits per heavy atom. The zero-order chi connectivity index (χ0) is 19.6. The molecule has 1 aliphatic rings. The van der Waals surface area contributed by atoms with Gasteiger partial charge in [-0.3, -0.25) is 0 Å². The minimum Gasteiger partial charge on any atom is -0.497 e. The highest BCUT2D eigenvalue weighted by Gasteiger charge is 2.33. The van der Waals surface area contributed by atoms with E-state index < -0.39 is 16.1 Å². The number of nitrogens with zero attached hydrogens (tertiary/aromatic N) is 1. The number of hydrogen-bond acceptors (Lipinski definition) is 6. The van der Waals surface area contributed by atoms with Gasteiger partial charge < -0.3 is 19.6 Å². The first-order valence-corrected chi connectivity index (χ1v) is 10.1. The third-order valence-electron chi connectivity index (χ3n) is 4.32. The summed E-state index contributed by atoms with van der Waals surface area (Å²) in [6.45, 7) is 0. The zero-order valence-corrected chi connectivity index (χ0v) is 16.4. The van der Waals surface area contributed by atoms with Gasteiger partial charge in [0.2, 0.25) is 10.0 Å². The average molecular weight is 390 g/mol. The standard InChI is InChI=1S/C19H22N2O5S/c1-24-15-8-5-13(6-9-15)17-12-16(20-21(17)27(4,22)23)14-7-10-18(25-2)19(11-14)26-3/h5-12,17,20H,1-4H3. The van der Waals surface area contributed by atoms with E-state index in [-0.39, 0.29) is 0 Å². The van der Waals surface area contributed by atoms with Crippen molar-refractivity contribution in [1.82, 2.24) is 9.84 Å². The van der Waals surface area contributed by atoms with Crippen LogP contribution in [0.1, 0.15) is 17.2 Å². The number of hydrazine groups is 1. The van der Waals surface area contributed by atoms with Crippen molar-refractivity contribution in [3.63, 3.8) is 0 Å². The lowest BCUT2D eigenvalue weighted by atomic mass is 10.0. The highest BCUT2D eigenvalue weighted by atomic mass is 32.2. The summed E-state index contributed by atoms with van der Waals surface area (Å²) < 4.78 is 41.6. The lowest BCUT2D eigenvalue weighted by Crippen LogP contribution is -2.38. The van der Waals surface area contributed by atoms with Crippen LogP contribution in [-0.2, 0) is 10.0 Å². The molecule has 1 N–H and O–H groups in total. The van der Waals surface area contributed by atoms with Crippen LogP contribution >= 0.6 is 0 Å². The van der Waals surface area contributed by atoms with Crippen molar-refractivity contribution in [3.8, 4) is 17.2 Å². The number of sulfonamides is 1. The molecule has 2 aromatic rings. The van der Waals surface area contributed by atoms with Crippen LogP contribution in [0.25, 0.3) is 5.70 Å². The summed E-state index contributed by atoms with van der Waals surface area (Å²) in [6, 6.07) is 12.2. The second-order valence-corrected chi connectivity index (χ2v) is 7.90. The molecule has 0 aromatic heterocycles. The van der Waals surface area contributed by atoms with E-state index >= 15 is 0 Å². The molecule has 1 atom stereocenters. The van der Waals surface area contributed by atoms with Crippen LogP contribution in [0.4, 0.5) is 0 Å². The normalized spacial score (nSPS) is 17.2. The Balaban J connectivity index is 2.01. The largest absolute Gasteiger partial charge is 0.497 e. The number of ether oxygens (including phenoxy) is 3. The molecule has 0 saturated carbocycles. The van der Waals surface area contributed by atoms with Crippen LogP contribution in [0.2, 0.25) is 0 Å². The van der Waals surface area contributed by atoms with Gasteiger partial charge in [-0.25, -0.2) is 8.42 Å². The second kappa shape index (κ2) is 7.50. The number of methoxy groups -OCH3 is 3. The minimum atomic E-state index is -3.50. The van der Waals surface area contributed by atoms with E-state index in [0.717, 1.165) is 11.1 Å². The maximum atomic E-state index is 12.3. The third-order valence-corrected chi connectivity index (χ3v) is 5.35. The molecule has 1 heterocycles. The molecule has 8 heteroatoms. The average Bonchev–Trinajstić information content (AvgIpc) is 3.13. The lowest BCUT2D eigenvalue weighted by molar-refractivity contribution is 0.349. The van der Waals surface area contributed by atoms with Gasteiger partial charge in [-0.2, -0.15) is 0 Å². The molecule has 0 saturated heterocycles. The highest BCUT2D eigenvalue weighted by Crippen LogP contribution is 2.36. The van der Waals surface area contributed by atoms with Crippen LogP contribution in [0.3, 0.4) is 0 Å². The molecule has 1 unspecified atom stereocenters. The first-order chi connectivity index (χ1) is 12.9. The fourth-order valence-electron chi connectivity index (χ4n) is 2.94. The molecule has 0 amide bonds. The quantitative estimate of drug-likeness (QED) is 0.817. The molecule has 1 aliphatic heterocycles. The minimum absolute atomic E-state index is 0.478. The monoisotopic (exact) mass is 390 g/mol. The van der Waals surface area contributed by atoms with Gasteiger partial charge in [0.05, 0.1) is 39.3 Å². The SMILES string of the molecule is COc1ccc(C2C=C(c3ccc(OC)c(OC)c3)NN2S(C)(=O)=O)cc1. The summed E-state index contributed by atoms with van der Waals surface area (Å²) in [4.78, 5) is 0. The number of benzene rings is 2. The molecule has 2 aromatic carbocycles. The molecule has 144 valence electrons. The molecule has 0 spiro atoms. The first-order valence-electron chi connectivity index (χ1n) is 8.21. The van der Waals surface area contributed by atoms with E-state index in [1.165, 1.54) is 10.7 Å². The summed E-state index contributed by atoms with van der Waals surface area (Å²) in [5, 5.41) is 0. The van der Waals surface area contributed by atoms with Crippen LogP contribution in [-0.4, -0.2) is 40.4 Å². The molecular formula is C19H22N2O5S. The highest BCUT2D eigenvalue weighted by molar-refractivity contribution is 7.88. The molecule has 3 rings (SSSR count). The van der Waals surface area contributed by atoms with Gasteiger partial charge in [0.1, 0.15) is 5.75 Å². The Kier molecular flexibility index (Phi) is 5.29. The first kappa shape index (κ1) is 19.1. The Labute approximate surface area is 159 Å². The Bertz CT molecular complexity index is 955. The third kappa shape index (κ3) is 3.86. The predicted molar refractivity (Wildman–Crippen MR) is 103 cm³/mol. The van der Waals surface area contributed by atoms with Gasteiger partial charge in [-0.05, 0) is 42.0 Å². The topological polar surface area (TPSA) is 77.1 Å². The van der Waals surface area contributed by atoms with Crippen molar-refractivity contribution in [2.45, 2.75) is 6.04 Å². The summed E-state index contributed by atoms with van der Waals surface area (Å²) in [7, 11) is 1.21. The summed E-state index contributed by atoms with van der Waals surface area (Å²) in [5.74, 6) is 1.88. The summed E-state index contributed by atoms with van der Waals surface area (Å²) >= 11 is 0. The Hall–Kier alpha value is -2.71. The van der Waals surface area contributed by atoms with E-state index in [1.807, 2.05) is 24.3 Å². The molecule has 0 aliphatic carbocycles. The van der Waals surface area contributed by atoms with Crippen LogP contribution in [0.5, 0.6) is 17.2 Å². The van der Waals surface area contributed by atoms with Crippen molar-refractivity contribution in [1.29, 1.82) is 0 Å². The van der Waals surface area contributed by atoms with Crippen LogP contribution < -0.4 is 19.6 Å². The Morgan fingerprint density at radius 3 is 2.15 bits per heavy atom. The maximum absolute atomic E-state index is 12.3. The van der Waals surface area contributed by atoms with E-state index in [9.17, 15) is 8.42 Å². The van der Waals surface area contributed by atoms with Gasteiger partial charge in [0, 0.05) is 5.56 Å². The summed E-state index contributed by atoms with van der Waals surface area (Å²) in [5.41, 5.74) is 5.27. The number of hydrogen-bond donors (Lipinski definition) is 1. The van der Waals surface area contributed by atoms with E-state index in [2.05, 4.69) is 5.43 Å². The fraction of sp³-hybridized carbons (Fsp3) is 0.263. The smallest absolute Gasteiger partial charge is 0.228 e. The predicted octanol–water partition coefficient (Wildman–Crippen LogP) is 2.57. The van der Waals surface area contributed by atoms with Crippen molar-refractivity contribution < 1.29 is 22.6 Å². The maximum Gasteiger partial charge on any atom is 0.228 e. The van der Waals surface area contributed by atoms with Crippen molar-refractivity contribution in [3.05, 3.63) is 59.7 Å². The Morgan fingerprint density at radius 2 is 1.59 bits per heavy atom. The molecule has 0 fully saturated rings. The summed E-state index contributed by atoms with van der Waals surface area (Å²) in [6.07, 6.45) is 3.03. The number of nitrogens with one attached hydrogen (secondary N) is 1. The van der Waals surface area contributed by atoms with Crippen molar-refractivity contribution in [2.75, 3.05) is 27.6 Å². The molecule has 0 radical (unpaired) electrons. The van der Waals surface area contributed by atoms with Gasteiger partial charge in [0.25, 0.3) is 0 Å². The fourth-order valence-corrected chi connectivity index (χ4v) is 3.80. The van der Waals surface area contributed by atoms with Gasteiger partial charge >= 0.3 is 0 Å². The van der Waals surface area contributed by atoms with Gasteiger partial charge in [-0.15, -0.1) is 4.41 Å². The molecular weight excluding hydrogens is 368 g/mol. The van der Waals surface area contributed by atoms with Gasteiger partial charge in [0.15, 0.2) is 11.5 Å². The van der Waals surface area contributed by atoms with Gasteiger partial charge in [-0.1, -0.05) is 12.1 Å². The van der Waals surface area contributed by atoms with E-state index in [4.69, 9.17) is 14.2 Å². The van der Waals surface area contributed by atoms with E-state index in [1.54, 1.807) is 45.6 Å².